The Bertz CT molecular complexity index is 2670. The third-order valence-electron chi connectivity index (χ3n) is 12.8. The molecule has 2 heterocycles. The van der Waals surface area contributed by atoms with Crippen molar-refractivity contribution in [1.29, 1.82) is 10.5 Å². The highest BCUT2D eigenvalue weighted by Crippen LogP contribution is 2.45. The van der Waals surface area contributed by atoms with E-state index in [0.29, 0.717) is 25.7 Å². The molecule has 0 unspecified atom stereocenters. The minimum Gasteiger partial charge on any atom is -0.381 e. The predicted molar refractivity (Wildman–Crippen MR) is 230 cm³/mol. The van der Waals surface area contributed by atoms with Crippen LogP contribution in [0.4, 0.5) is 26.3 Å². The van der Waals surface area contributed by atoms with Crippen LogP contribution in [0, 0.1) is 34.5 Å². The molecule has 0 bridgehead atoms. The maximum atomic E-state index is 13.9. The molecule has 360 valence electrons. The van der Waals surface area contributed by atoms with E-state index in [0.717, 1.165) is 24.3 Å². The first-order valence-corrected chi connectivity index (χ1v) is 24.4. The number of nitrogens with zero attached hydrogens (tertiary/aromatic N) is 4. The Labute approximate surface area is 387 Å². The van der Waals surface area contributed by atoms with Crippen LogP contribution in [-0.2, 0) is 51.1 Å². The number of hydrogen-bond donors (Lipinski definition) is 2. The Kier molecular flexibility index (Phi) is 13.9. The number of rotatable bonds is 12. The summed E-state index contributed by atoms with van der Waals surface area (Å²) in [6, 6.07) is 19.6. The number of methoxy groups -OCH3 is 2. The number of pyridine rings is 2. The number of carbonyl (C=O) groups excluding carboxylic acids is 2. The molecule has 0 saturated heterocycles. The fourth-order valence-electron chi connectivity index (χ4n) is 8.67. The summed E-state index contributed by atoms with van der Waals surface area (Å²) in [7, 11) is -6.28. The zero-order valence-electron chi connectivity index (χ0n) is 36.3. The SMILES string of the molecule is CO[C@@H]1C[C@H](S(=O)(=O)c2ccc(-c3ccccn3)cc2C(F)(F)F)C[C@H]1C(=O)NC1(C#N)CC1.CO[C@H]1C[C@@H](S(=O)(=O)c2ccc(-c3ccccn3)cc2C(F)(F)F)C[C@@H]1C(=O)NC1(C#N)CC1. The van der Waals surface area contributed by atoms with Gasteiger partial charge in [-0.25, -0.2) is 16.8 Å². The van der Waals surface area contributed by atoms with Gasteiger partial charge in [0.2, 0.25) is 11.8 Å². The fourth-order valence-corrected chi connectivity index (χ4v) is 12.7. The van der Waals surface area contributed by atoms with Gasteiger partial charge in [0, 0.05) is 37.7 Å². The topological polar surface area (TPSA) is 218 Å². The van der Waals surface area contributed by atoms with Gasteiger partial charge in [-0.3, -0.25) is 19.6 Å². The second-order valence-corrected chi connectivity index (χ2v) is 21.6. The number of hydrogen-bond acceptors (Lipinski definition) is 12. The largest absolute Gasteiger partial charge is 0.417 e. The van der Waals surface area contributed by atoms with Crippen molar-refractivity contribution >= 4 is 31.5 Å². The third kappa shape index (κ3) is 10.4. The Morgan fingerprint density at radius 1 is 0.618 bits per heavy atom. The summed E-state index contributed by atoms with van der Waals surface area (Å²) in [6.45, 7) is 0. The number of sulfone groups is 2. The first-order valence-electron chi connectivity index (χ1n) is 21.3. The van der Waals surface area contributed by atoms with Crippen molar-refractivity contribution < 1.29 is 62.2 Å². The van der Waals surface area contributed by atoms with Gasteiger partial charge in [0.15, 0.2) is 19.7 Å². The van der Waals surface area contributed by atoms with Crippen LogP contribution in [0.2, 0.25) is 0 Å². The minimum absolute atomic E-state index is 0.129. The number of nitriles is 2. The molecule has 6 atom stereocenters. The highest BCUT2D eigenvalue weighted by molar-refractivity contribution is 7.92. The number of halogens is 6. The van der Waals surface area contributed by atoms with Crippen molar-refractivity contribution in [2.24, 2.45) is 11.8 Å². The molecule has 14 nitrogen and oxygen atoms in total. The van der Waals surface area contributed by atoms with Crippen molar-refractivity contribution in [3.05, 3.63) is 96.3 Å². The summed E-state index contributed by atoms with van der Waals surface area (Å²) in [4.78, 5) is 31.9. The smallest absolute Gasteiger partial charge is 0.381 e. The normalized spacial score (nSPS) is 23.8. The molecule has 0 radical (unpaired) electrons. The molecule has 4 aromatic rings. The molecule has 2 aromatic carbocycles. The molecular formula is C46H44F6N6O8S2. The van der Waals surface area contributed by atoms with Crippen molar-refractivity contribution in [2.45, 2.75) is 107 Å². The van der Waals surface area contributed by atoms with Gasteiger partial charge in [-0.2, -0.15) is 36.9 Å². The van der Waals surface area contributed by atoms with E-state index in [1.165, 1.54) is 50.9 Å². The average Bonchev–Trinajstić information content (AvgIpc) is 4.17. The van der Waals surface area contributed by atoms with Gasteiger partial charge in [-0.1, -0.05) is 24.3 Å². The van der Waals surface area contributed by atoms with E-state index in [2.05, 4.69) is 20.6 Å². The molecule has 4 aliphatic carbocycles. The lowest BCUT2D eigenvalue weighted by Crippen LogP contribution is -2.42. The molecule has 22 heteroatoms. The van der Waals surface area contributed by atoms with Gasteiger partial charge in [-0.05, 0) is 99.9 Å². The molecule has 4 saturated carbocycles. The summed E-state index contributed by atoms with van der Waals surface area (Å²) >= 11 is 0. The first-order chi connectivity index (χ1) is 32.0. The Morgan fingerprint density at radius 2 is 0.985 bits per heavy atom. The van der Waals surface area contributed by atoms with Gasteiger partial charge in [0.25, 0.3) is 0 Å². The second kappa shape index (κ2) is 18.9. The van der Waals surface area contributed by atoms with Crippen molar-refractivity contribution in [1.82, 2.24) is 20.6 Å². The van der Waals surface area contributed by atoms with Crippen LogP contribution >= 0.6 is 0 Å². The van der Waals surface area contributed by atoms with Crippen LogP contribution in [-0.4, -0.2) is 86.6 Å². The van der Waals surface area contributed by atoms with Gasteiger partial charge < -0.3 is 20.1 Å². The summed E-state index contributed by atoms with van der Waals surface area (Å²) in [5.74, 6) is -2.83. The first kappa shape index (κ1) is 50.0. The van der Waals surface area contributed by atoms with E-state index in [1.807, 2.05) is 12.1 Å². The fraction of sp³-hybridized carbons (Fsp3) is 0.435. The molecule has 68 heavy (non-hydrogen) atoms. The number of benzene rings is 2. The summed E-state index contributed by atoms with van der Waals surface area (Å²) in [6.07, 6.45) is -7.24. The van der Waals surface area contributed by atoms with E-state index < -0.39 is 110 Å². The second-order valence-electron chi connectivity index (χ2n) is 17.3. The predicted octanol–water partition coefficient (Wildman–Crippen LogP) is 7.01. The molecule has 4 aliphatic rings. The molecule has 0 aliphatic heterocycles. The number of carbonyl (C=O) groups is 2. The molecule has 2 amide bonds. The van der Waals surface area contributed by atoms with E-state index in [9.17, 15) is 63.3 Å². The number of aromatic nitrogens is 2. The van der Waals surface area contributed by atoms with Crippen LogP contribution in [0.1, 0.15) is 62.5 Å². The minimum atomic E-state index is -4.92. The number of ether oxygens (including phenoxy) is 2. The van der Waals surface area contributed by atoms with Crippen LogP contribution in [0.25, 0.3) is 22.5 Å². The maximum Gasteiger partial charge on any atom is 0.417 e. The monoisotopic (exact) mass is 986 g/mol. The number of alkyl halides is 6. The van der Waals surface area contributed by atoms with Gasteiger partial charge >= 0.3 is 12.4 Å². The standard InChI is InChI=1S/2C23H22F3N3O4S/c2*1-33-19-12-15(11-16(19)21(30)29-22(13-27)7-8-22)34(31,32)20-6-5-14(10-17(20)23(24,25)26)18-4-2-3-9-28-18/h2*2-6,9-10,15-16,19H,7-8,11-12H2,1H3,(H,29,30)/t2*15-,16-,19-/m10/s1. The summed E-state index contributed by atoms with van der Waals surface area (Å²) in [5, 5.41) is 21.2. The molecule has 2 N–H and O–H groups in total. The van der Waals surface area contributed by atoms with E-state index in [4.69, 9.17) is 9.47 Å². The lowest BCUT2D eigenvalue weighted by molar-refractivity contribution is -0.140. The lowest BCUT2D eigenvalue weighted by Gasteiger charge is -2.19. The van der Waals surface area contributed by atoms with E-state index in [1.54, 1.807) is 24.3 Å². The Hall–Kier alpha value is -5.94. The van der Waals surface area contributed by atoms with Crippen LogP contribution in [0.3, 0.4) is 0 Å². The van der Waals surface area contributed by atoms with Gasteiger partial charge in [0.1, 0.15) is 11.1 Å². The van der Waals surface area contributed by atoms with E-state index >= 15 is 0 Å². The lowest BCUT2D eigenvalue weighted by atomic mass is 10.0. The Morgan fingerprint density at radius 3 is 1.26 bits per heavy atom. The van der Waals surface area contributed by atoms with Gasteiger partial charge in [-0.15, -0.1) is 0 Å². The zero-order chi connectivity index (χ0) is 49.5. The van der Waals surface area contributed by atoms with Crippen LogP contribution in [0.5, 0.6) is 0 Å². The highest BCUT2D eigenvalue weighted by Gasteiger charge is 2.53. The quantitative estimate of drug-likeness (QED) is 0.137. The average molecular weight is 987 g/mol. The molecule has 2 aromatic heterocycles. The molecule has 4 fully saturated rings. The highest BCUT2D eigenvalue weighted by atomic mass is 32.2. The summed E-state index contributed by atoms with van der Waals surface area (Å²) in [5.41, 5.74) is -3.62. The van der Waals surface area contributed by atoms with Crippen molar-refractivity contribution in [3.8, 4) is 34.7 Å². The molecule has 8 rings (SSSR count). The zero-order valence-corrected chi connectivity index (χ0v) is 38.0. The molecular weight excluding hydrogens is 943 g/mol. The maximum absolute atomic E-state index is 13.9. The molecule has 0 spiro atoms. The van der Waals surface area contributed by atoms with Gasteiger partial charge in [0.05, 0.1) is 79.0 Å². The third-order valence-corrected chi connectivity index (χ3v) is 17.3. The van der Waals surface area contributed by atoms with Crippen molar-refractivity contribution in [3.63, 3.8) is 0 Å². The van der Waals surface area contributed by atoms with E-state index in [-0.39, 0.29) is 48.2 Å². The number of nitrogens with one attached hydrogen (secondary N) is 2. The summed E-state index contributed by atoms with van der Waals surface area (Å²) < 4.78 is 148. The van der Waals surface area contributed by atoms with Crippen molar-refractivity contribution in [2.75, 3.05) is 14.2 Å². The van der Waals surface area contributed by atoms with Crippen LogP contribution in [0.15, 0.2) is 95.0 Å². The number of amides is 2. The Balaban J connectivity index is 0.000000201. The van der Waals surface area contributed by atoms with Crippen LogP contribution < -0.4 is 10.6 Å².